The average Bonchev–Trinajstić information content (AvgIpc) is 2.15. The van der Waals surface area contributed by atoms with Gasteiger partial charge in [0.1, 0.15) is 9.39 Å². The van der Waals surface area contributed by atoms with Gasteiger partial charge in [0.25, 0.3) is 0 Å². The summed E-state index contributed by atoms with van der Waals surface area (Å²) in [7, 11) is 1.15. The van der Waals surface area contributed by atoms with E-state index in [1.165, 1.54) is 0 Å². The van der Waals surface area contributed by atoms with E-state index in [1.54, 1.807) is 22.6 Å². The minimum atomic E-state index is -4.51. The molecule has 0 unspecified atom stereocenters. The van der Waals surface area contributed by atoms with Crippen molar-refractivity contribution < 1.29 is 22.7 Å². The molecule has 0 saturated heterocycles. The van der Waals surface area contributed by atoms with Crippen LogP contribution in [0.1, 0.15) is 16.1 Å². The van der Waals surface area contributed by atoms with Crippen molar-refractivity contribution in [1.29, 1.82) is 0 Å². The first-order chi connectivity index (χ1) is 6.86. The molecule has 7 heteroatoms. The van der Waals surface area contributed by atoms with Gasteiger partial charge >= 0.3 is 12.1 Å². The zero-order valence-electron chi connectivity index (χ0n) is 7.43. The Hall–Kier alpha value is -0.860. The molecule has 0 radical (unpaired) electrons. The Labute approximate surface area is 96.8 Å². The highest BCUT2D eigenvalue weighted by Gasteiger charge is 2.33. The van der Waals surface area contributed by atoms with E-state index in [0.717, 1.165) is 19.2 Å². The molecule has 0 N–H and O–H groups in total. The van der Waals surface area contributed by atoms with E-state index in [0.29, 0.717) is 0 Å². The topological polar surface area (TPSA) is 39.2 Å². The fraction of sp³-hybridized carbons (Fsp3) is 0.250. The van der Waals surface area contributed by atoms with Crippen molar-refractivity contribution in [3.05, 3.63) is 27.1 Å². The highest BCUT2D eigenvalue weighted by molar-refractivity contribution is 14.1. The van der Waals surface area contributed by atoms with Gasteiger partial charge in [-0.15, -0.1) is 0 Å². The Morgan fingerprint density at radius 2 is 2.07 bits per heavy atom. The van der Waals surface area contributed by atoms with Gasteiger partial charge in [0.2, 0.25) is 0 Å². The second-order valence-electron chi connectivity index (χ2n) is 2.52. The van der Waals surface area contributed by atoms with E-state index < -0.39 is 17.8 Å². The quantitative estimate of drug-likeness (QED) is 0.451. The minimum absolute atomic E-state index is 0.0195. The van der Waals surface area contributed by atoms with Crippen molar-refractivity contribution >= 4 is 28.6 Å². The number of carbonyl (C=O) groups excluding carboxylic acids is 1. The van der Waals surface area contributed by atoms with Gasteiger partial charge in [-0.2, -0.15) is 13.2 Å². The maximum absolute atomic E-state index is 12.2. The van der Waals surface area contributed by atoms with Gasteiger partial charge in [-0.3, -0.25) is 0 Å². The Balaban J connectivity index is 3.15. The monoisotopic (exact) mass is 331 g/mol. The zero-order chi connectivity index (χ0) is 11.6. The molecule has 0 aliphatic heterocycles. The standard InChI is InChI=1S/C8H5F3INO2/c1-15-7(14)4-2-3-5(8(9,10)11)13-6(4)12/h2-3H,1H3. The number of esters is 1. The van der Waals surface area contributed by atoms with E-state index >= 15 is 0 Å². The molecule has 0 fully saturated rings. The highest BCUT2D eigenvalue weighted by Crippen LogP contribution is 2.28. The van der Waals surface area contributed by atoms with Gasteiger partial charge in [0.15, 0.2) is 0 Å². The summed E-state index contributed by atoms with van der Waals surface area (Å²) < 4.78 is 40.9. The summed E-state index contributed by atoms with van der Waals surface area (Å²) in [5.74, 6) is -0.708. The molecule has 0 aliphatic carbocycles. The van der Waals surface area contributed by atoms with Gasteiger partial charge in [-0.1, -0.05) is 0 Å². The number of pyridine rings is 1. The number of hydrogen-bond donors (Lipinski definition) is 0. The first kappa shape index (κ1) is 12.2. The van der Waals surface area contributed by atoms with Gasteiger partial charge in [0, 0.05) is 0 Å². The largest absolute Gasteiger partial charge is 0.465 e. The van der Waals surface area contributed by atoms with Crippen LogP contribution in [0.4, 0.5) is 13.2 Å². The third-order valence-corrected chi connectivity index (χ3v) is 2.37. The van der Waals surface area contributed by atoms with Gasteiger partial charge in [-0.05, 0) is 34.7 Å². The summed E-state index contributed by atoms with van der Waals surface area (Å²) in [6, 6.07) is 1.79. The van der Waals surface area contributed by atoms with Crippen LogP contribution in [0.15, 0.2) is 12.1 Å². The molecule has 0 spiro atoms. The first-order valence-corrected chi connectivity index (χ1v) is 4.76. The number of carbonyl (C=O) groups is 1. The number of aromatic nitrogens is 1. The molecule has 1 rings (SSSR count). The van der Waals surface area contributed by atoms with Crippen molar-refractivity contribution in [2.45, 2.75) is 6.18 Å². The van der Waals surface area contributed by atoms with Crippen LogP contribution < -0.4 is 0 Å². The highest BCUT2D eigenvalue weighted by atomic mass is 127. The van der Waals surface area contributed by atoms with Crippen LogP contribution in [0.2, 0.25) is 0 Å². The Bertz CT molecular complexity index is 392. The fourth-order valence-electron chi connectivity index (χ4n) is 0.854. The van der Waals surface area contributed by atoms with Crippen LogP contribution in [0.3, 0.4) is 0 Å². The number of hydrogen-bond acceptors (Lipinski definition) is 3. The smallest absolute Gasteiger partial charge is 0.433 e. The fourth-order valence-corrected chi connectivity index (χ4v) is 1.51. The molecule has 15 heavy (non-hydrogen) atoms. The van der Waals surface area contributed by atoms with Gasteiger partial charge in [-0.25, -0.2) is 9.78 Å². The van der Waals surface area contributed by atoms with Crippen LogP contribution in [0.25, 0.3) is 0 Å². The molecule has 0 bridgehead atoms. The average molecular weight is 331 g/mol. The predicted octanol–water partition coefficient (Wildman–Crippen LogP) is 2.49. The number of alkyl halides is 3. The molecule has 0 atom stereocenters. The maximum atomic E-state index is 12.2. The maximum Gasteiger partial charge on any atom is 0.433 e. The minimum Gasteiger partial charge on any atom is -0.465 e. The summed E-state index contributed by atoms with van der Waals surface area (Å²) in [6.45, 7) is 0. The van der Waals surface area contributed by atoms with Crippen molar-refractivity contribution in [1.82, 2.24) is 4.98 Å². The summed E-state index contributed by atoms with van der Waals surface area (Å²) in [5.41, 5.74) is -1.01. The van der Waals surface area contributed by atoms with Crippen LogP contribution in [-0.2, 0) is 10.9 Å². The number of nitrogens with zero attached hydrogens (tertiary/aromatic N) is 1. The molecule has 1 aromatic rings. The molecular weight excluding hydrogens is 326 g/mol. The molecule has 82 valence electrons. The molecule has 0 saturated carbocycles. The molecule has 0 aromatic carbocycles. The molecule has 0 amide bonds. The lowest BCUT2D eigenvalue weighted by Crippen LogP contribution is -2.12. The lowest BCUT2D eigenvalue weighted by atomic mass is 10.2. The predicted molar refractivity (Wildman–Crippen MR) is 53.3 cm³/mol. The second kappa shape index (κ2) is 4.33. The van der Waals surface area contributed by atoms with Crippen molar-refractivity contribution in [2.24, 2.45) is 0 Å². The second-order valence-corrected chi connectivity index (χ2v) is 3.55. The van der Waals surface area contributed by atoms with E-state index in [-0.39, 0.29) is 9.26 Å². The lowest BCUT2D eigenvalue weighted by molar-refractivity contribution is -0.141. The van der Waals surface area contributed by atoms with E-state index in [4.69, 9.17) is 0 Å². The van der Waals surface area contributed by atoms with Gasteiger partial charge in [0.05, 0.1) is 12.7 Å². The van der Waals surface area contributed by atoms with Crippen molar-refractivity contribution in [3.63, 3.8) is 0 Å². The summed E-state index contributed by atoms with van der Waals surface area (Å²) in [6.07, 6.45) is -4.51. The zero-order valence-corrected chi connectivity index (χ0v) is 9.59. The molecular formula is C8H5F3INO2. The van der Waals surface area contributed by atoms with Crippen LogP contribution in [0, 0.1) is 3.70 Å². The molecule has 0 aliphatic rings. The van der Waals surface area contributed by atoms with Crippen LogP contribution in [-0.4, -0.2) is 18.1 Å². The van der Waals surface area contributed by atoms with E-state index in [9.17, 15) is 18.0 Å². The number of halogens is 4. The Morgan fingerprint density at radius 3 is 2.47 bits per heavy atom. The molecule has 1 aromatic heterocycles. The van der Waals surface area contributed by atoms with Crippen LogP contribution >= 0.6 is 22.6 Å². The Morgan fingerprint density at radius 1 is 1.47 bits per heavy atom. The van der Waals surface area contributed by atoms with Gasteiger partial charge < -0.3 is 4.74 Å². The summed E-state index contributed by atoms with van der Waals surface area (Å²) in [4.78, 5) is 14.3. The third-order valence-electron chi connectivity index (χ3n) is 1.54. The molecule has 3 nitrogen and oxygen atoms in total. The normalized spacial score (nSPS) is 11.3. The SMILES string of the molecule is COC(=O)c1ccc(C(F)(F)F)nc1I. The van der Waals surface area contributed by atoms with E-state index in [2.05, 4.69) is 9.72 Å². The summed E-state index contributed by atoms with van der Waals surface area (Å²) in [5, 5.41) is 0. The number of rotatable bonds is 1. The number of ether oxygens (including phenoxy) is 1. The third kappa shape index (κ3) is 2.80. The lowest BCUT2D eigenvalue weighted by Gasteiger charge is -2.07. The molecule has 1 heterocycles. The van der Waals surface area contributed by atoms with Crippen molar-refractivity contribution in [3.8, 4) is 0 Å². The summed E-state index contributed by atoms with van der Waals surface area (Å²) >= 11 is 1.55. The van der Waals surface area contributed by atoms with Crippen LogP contribution in [0.5, 0.6) is 0 Å². The number of methoxy groups -OCH3 is 1. The Kier molecular flexibility index (Phi) is 3.53. The first-order valence-electron chi connectivity index (χ1n) is 3.68. The van der Waals surface area contributed by atoms with Crippen molar-refractivity contribution in [2.75, 3.05) is 7.11 Å². The van der Waals surface area contributed by atoms with E-state index in [1.807, 2.05) is 0 Å².